The summed E-state index contributed by atoms with van der Waals surface area (Å²) in [6.07, 6.45) is 0. The van der Waals surface area contributed by atoms with Crippen LogP contribution in [0, 0.1) is 0 Å². The highest BCUT2D eigenvalue weighted by Crippen LogP contribution is 2.35. The Kier molecular flexibility index (Phi) is 2.71. The summed E-state index contributed by atoms with van der Waals surface area (Å²) in [5.41, 5.74) is 11.7. The summed E-state index contributed by atoms with van der Waals surface area (Å²) < 4.78 is 28.1. The normalized spacial score (nSPS) is 11.4. The Morgan fingerprint density at radius 2 is 0.941 bits per heavy atom. The third-order valence-corrected chi connectivity index (χ3v) is 2.55. The minimum atomic E-state index is -3.04. The summed E-state index contributed by atoms with van der Waals surface area (Å²) >= 11 is 0. The molecule has 4 N–H and O–H groups in total. The Morgan fingerprint density at radius 3 is 1.24 bits per heavy atom. The van der Waals surface area contributed by atoms with Gasteiger partial charge in [0, 0.05) is 22.5 Å². The third-order valence-electron chi connectivity index (χ3n) is 2.55. The molecule has 0 saturated heterocycles. The van der Waals surface area contributed by atoms with Crippen LogP contribution in [0.15, 0.2) is 48.5 Å². The van der Waals surface area contributed by atoms with E-state index in [0.717, 1.165) is 0 Å². The van der Waals surface area contributed by atoms with Crippen LogP contribution in [0.4, 0.5) is 20.2 Å². The van der Waals surface area contributed by atoms with Crippen molar-refractivity contribution in [3.63, 3.8) is 0 Å². The van der Waals surface area contributed by atoms with Gasteiger partial charge in [-0.05, 0) is 24.3 Å². The van der Waals surface area contributed by atoms with E-state index in [1.807, 2.05) is 0 Å². The largest absolute Gasteiger partial charge is 0.399 e. The number of hydrogen-bond donors (Lipinski definition) is 2. The second-order valence-electron chi connectivity index (χ2n) is 3.82. The van der Waals surface area contributed by atoms with Crippen LogP contribution in [0.1, 0.15) is 11.1 Å². The molecule has 0 unspecified atom stereocenters. The summed E-state index contributed by atoms with van der Waals surface area (Å²) in [7, 11) is 0. The van der Waals surface area contributed by atoms with E-state index in [0.29, 0.717) is 11.4 Å². The molecule has 0 spiro atoms. The van der Waals surface area contributed by atoms with Crippen molar-refractivity contribution in [2.24, 2.45) is 0 Å². The molecular formula is C13H12F2N2. The van der Waals surface area contributed by atoms with Crippen molar-refractivity contribution in [3.05, 3.63) is 59.7 Å². The fourth-order valence-corrected chi connectivity index (χ4v) is 1.55. The Balaban J connectivity index is 2.41. The zero-order valence-corrected chi connectivity index (χ0v) is 9.03. The molecule has 0 amide bonds. The van der Waals surface area contributed by atoms with Crippen LogP contribution >= 0.6 is 0 Å². The summed E-state index contributed by atoms with van der Waals surface area (Å²) in [5, 5.41) is 0. The zero-order valence-electron chi connectivity index (χ0n) is 9.03. The number of nitrogen functional groups attached to an aromatic ring is 2. The Hall–Kier alpha value is -2.10. The van der Waals surface area contributed by atoms with E-state index >= 15 is 0 Å². The lowest BCUT2D eigenvalue weighted by Crippen LogP contribution is -2.15. The maximum atomic E-state index is 14.1. The molecule has 2 rings (SSSR count). The van der Waals surface area contributed by atoms with Gasteiger partial charge in [-0.15, -0.1) is 0 Å². The van der Waals surface area contributed by atoms with Gasteiger partial charge in [0.05, 0.1) is 0 Å². The Morgan fingerprint density at radius 1 is 0.647 bits per heavy atom. The molecule has 0 atom stereocenters. The van der Waals surface area contributed by atoms with E-state index in [9.17, 15) is 8.78 Å². The molecule has 0 aliphatic carbocycles. The number of hydrogen-bond acceptors (Lipinski definition) is 2. The van der Waals surface area contributed by atoms with Gasteiger partial charge in [-0.3, -0.25) is 0 Å². The van der Waals surface area contributed by atoms with Crippen molar-refractivity contribution >= 4 is 11.4 Å². The predicted octanol–water partition coefficient (Wildman–Crippen LogP) is 2.99. The quantitative estimate of drug-likeness (QED) is 0.785. The molecule has 0 fully saturated rings. The van der Waals surface area contributed by atoms with Gasteiger partial charge < -0.3 is 11.5 Å². The van der Waals surface area contributed by atoms with Crippen LogP contribution < -0.4 is 11.5 Å². The van der Waals surface area contributed by atoms with Crippen LogP contribution in [0.5, 0.6) is 0 Å². The Bertz CT molecular complexity index is 456. The maximum absolute atomic E-state index is 14.1. The highest BCUT2D eigenvalue weighted by molar-refractivity contribution is 5.46. The van der Waals surface area contributed by atoms with Gasteiger partial charge >= 0.3 is 0 Å². The summed E-state index contributed by atoms with van der Waals surface area (Å²) in [6, 6.07) is 11.1. The van der Waals surface area contributed by atoms with Gasteiger partial charge in [-0.2, -0.15) is 8.78 Å². The number of halogens is 2. The van der Waals surface area contributed by atoms with Gasteiger partial charge in [0.2, 0.25) is 0 Å². The lowest BCUT2D eigenvalue weighted by molar-refractivity contribution is 0.0429. The van der Waals surface area contributed by atoms with Crippen LogP contribution in [0.25, 0.3) is 0 Å². The minimum Gasteiger partial charge on any atom is -0.399 e. The number of anilines is 2. The van der Waals surface area contributed by atoms with Crippen molar-refractivity contribution < 1.29 is 8.78 Å². The number of benzene rings is 2. The first-order valence-electron chi connectivity index (χ1n) is 5.10. The molecule has 0 aliphatic heterocycles. The highest BCUT2D eigenvalue weighted by Gasteiger charge is 2.33. The lowest BCUT2D eigenvalue weighted by Gasteiger charge is -2.17. The van der Waals surface area contributed by atoms with Gasteiger partial charge in [-0.25, -0.2) is 0 Å². The van der Waals surface area contributed by atoms with Gasteiger partial charge in [0.25, 0.3) is 5.92 Å². The molecule has 88 valence electrons. The molecule has 2 nitrogen and oxygen atoms in total. The van der Waals surface area contributed by atoms with E-state index in [2.05, 4.69) is 0 Å². The molecule has 17 heavy (non-hydrogen) atoms. The van der Waals surface area contributed by atoms with Crippen molar-refractivity contribution in [2.45, 2.75) is 5.92 Å². The van der Waals surface area contributed by atoms with Crippen molar-refractivity contribution in [2.75, 3.05) is 11.5 Å². The second kappa shape index (κ2) is 4.05. The van der Waals surface area contributed by atoms with Gasteiger partial charge in [0.1, 0.15) is 0 Å². The lowest BCUT2D eigenvalue weighted by atomic mass is 10.00. The van der Waals surface area contributed by atoms with E-state index in [1.54, 1.807) is 0 Å². The van der Waals surface area contributed by atoms with E-state index in [1.165, 1.54) is 48.5 Å². The van der Waals surface area contributed by atoms with Crippen molar-refractivity contribution in [3.8, 4) is 0 Å². The molecule has 4 heteroatoms. The topological polar surface area (TPSA) is 52.0 Å². The fourth-order valence-electron chi connectivity index (χ4n) is 1.55. The van der Waals surface area contributed by atoms with Gasteiger partial charge in [0.15, 0.2) is 0 Å². The molecule has 0 saturated carbocycles. The van der Waals surface area contributed by atoms with Crippen LogP contribution in [0.3, 0.4) is 0 Å². The first-order valence-corrected chi connectivity index (χ1v) is 5.10. The van der Waals surface area contributed by atoms with Crippen LogP contribution in [-0.4, -0.2) is 0 Å². The Labute approximate surface area is 97.9 Å². The molecule has 2 aromatic rings. The fraction of sp³-hybridized carbons (Fsp3) is 0.0769. The summed E-state index contributed by atoms with van der Waals surface area (Å²) in [5.74, 6) is -3.04. The number of rotatable bonds is 2. The van der Waals surface area contributed by atoms with E-state index < -0.39 is 5.92 Å². The van der Waals surface area contributed by atoms with Crippen LogP contribution in [-0.2, 0) is 5.92 Å². The summed E-state index contributed by atoms with van der Waals surface area (Å²) in [6.45, 7) is 0. The van der Waals surface area contributed by atoms with Gasteiger partial charge in [-0.1, -0.05) is 24.3 Å². The molecule has 0 aliphatic rings. The first-order chi connectivity index (χ1) is 8.00. The van der Waals surface area contributed by atoms with Crippen molar-refractivity contribution in [1.82, 2.24) is 0 Å². The molecular weight excluding hydrogens is 222 g/mol. The molecule has 0 heterocycles. The van der Waals surface area contributed by atoms with E-state index in [4.69, 9.17) is 11.5 Å². The SMILES string of the molecule is Nc1ccc(C(F)(F)c2ccc(N)cc2)cc1. The average Bonchev–Trinajstić information content (AvgIpc) is 2.30. The smallest absolute Gasteiger partial charge is 0.298 e. The predicted molar refractivity (Wildman–Crippen MR) is 64.7 cm³/mol. The third kappa shape index (κ3) is 2.20. The monoisotopic (exact) mass is 234 g/mol. The maximum Gasteiger partial charge on any atom is 0.298 e. The molecule has 0 aromatic heterocycles. The molecule has 2 aromatic carbocycles. The first kappa shape index (κ1) is 11.4. The number of alkyl halides is 2. The van der Waals surface area contributed by atoms with E-state index in [-0.39, 0.29) is 11.1 Å². The molecule has 0 bridgehead atoms. The number of nitrogens with two attached hydrogens (primary N) is 2. The standard InChI is InChI=1S/C13H12F2N2/c14-13(15,9-1-5-11(16)6-2-9)10-3-7-12(17)8-4-10/h1-8H,16-17H2. The highest BCUT2D eigenvalue weighted by atomic mass is 19.3. The van der Waals surface area contributed by atoms with Crippen LogP contribution in [0.2, 0.25) is 0 Å². The minimum absolute atomic E-state index is 0.0866. The second-order valence-corrected chi connectivity index (χ2v) is 3.82. The average molecular weight is 234 g/mol. The summed E-state index contributed by atoms with van der Waals surface area (Å²) in [4.78, 5) is 0. The molecule has 0 radical (unpaired) electrons. The van der Waals surface area contributed by atoms with Crippen molar-refractivity contribution in [1.29, 1.82) is 0 Å². The zero-order chi connectivity index (χ0) is 12.5.